The van der Waals surface area contributed by atoms with Gasteiger partial charge >= 0.3 is 0 Å². The molecule has 18 heavy (non-hydrogen) atoms. The number of hydrogen-bond donors (Lipinski definition) is 1. The second-order valence-corrected chi connectivity index (χ2v) is 5.16. The summed E-state index contributed by atoms with van der Waals surface area (Å²) in [6, 6.07) is 2.55. The van der Waals surface area contributed by atoms with Crippen LogP contribution in [-0.4, -0.2) is 24.0 Å². The van der Waals surface area contributed by atoms with Crippen molar-refractivity contribution in [2.75, 3.05) is 13.1 Å². The highest BCUT2D eigenvalue weighted by Crippen LogP contribution is 2.14. The quantitative estimate of drug-likeness (QED) is 0.718. The summed E-state index contributed by atoms with van der Waals surface area (Å²) in [4.78, 5) is 2.33. The van der Waals surface area contributed by atoms with Gasteiger partial charge < -0.3 is 9.73 Å². The Morgan fingerprint density at radius 1 is 1.50 bits per heavy atom. The van der Waals surface area contributed by atoms with Crippen molar-refractivity contribution >= 4 is 0 Å². The van der Waals surface area contributed by atoms with Crippen molar-refractivity contribution in [3.8, 4) is 0 Å². The molecule has 0 aliphatic rings. The number of nitrogens with one attached hydrogen (secondary N) is 1. The van der Waals surface area contributed by atoms with E-state index >= 15 is 0 Å². The Morgan fingerprint density at radius 3 is 2.78 bits per heavy atom. The summed E-state index contributed by atoms with van der Waals surface area (Å²) in [6.45, 7) is 16.2. The van der Waals surface area contributed by atoms with Crippen molar-refractivity contribution in [1.82, 2.24) is 10.2 Å². The molecule has 0 aliphatic heterocycles. The van der Waals surface area contributed by atoms with Crippen LogP contribution in [0.1, 0.15) is 39.0 Å². The van der Waals surface area contributed by atoms with Crippen molar-refractivity contribution in [3.05, 3.63) is 35.8 Å². The number of likely N-dealkylation sites (N-methyl/N-ethyl adjacent to an activating group) is 1. The summed E-state index contributed by atoms with van der Waals surface area (Å²) in [5.74, 6) is 1.06. The number of nitrogens with zero attached hydrogens (tertiary/aromatic N) is 1. The normalized spacial score (nSPS) is 11.4. The van der Waals surface area contributed by atoms with Crippen molar-refractivity contribution in [3.63, 3.8) is 0 Å². The molecule has 0 aromatic carbocycles. The van der Waals surface area contributed by atoms with Gasteiger partial charge in [-0.05, 0) is 19.5 Å². The van der Waals surface area contributed by atoms with Gasteiger partial charge in [0, 0.05) is 24.7 Å². The van der Waals surface area contributed by atoms with Gasteiger partial charge in [0.2, 0.25) is 0 Å². The largest absolute Gasteiger partial charge is 0.468 e. The van der Waals surface area contributed by atoms with Crippen LogP contribution >= 0.6 is 0 Å². The van der Waals surface area contributed by atoms with Crippen LogP contribution in [0.25, 0.3) is 0 Å². The fourth-order valence-corrected chi connectivity index (χ4v) is 1.84. The Kier molecular flexibility index (Phi) is 6.16. The zero-order valence-electron chi connectivity index (χ0n) is 12.1. The van der Waals surface area contributed by atoms with Crippen LogP contribution in [-0.2, 0) is 13.1 Å². The van der Waals surface area contributed by atoms with Gasteiger partial charge in [-0.15, -0.1) is 0 Å². The van der Waals surface area contributed by atoms with Crippen molar-refractivity contribution < 1.29 is 4.42 Å². The first kappa shape index (κ1) is 15.0. The summed E-state index contributed by atoms with van der Waals surface area (Å²) < 4.78 is 5.60. The smallest absolute Gasteiger partial charge is 0.122 e. The predicted molar refractivity (Wildman–Crippen MR) is 76.4 cm³/mol. The predicted octanol–water partition coefficient (Wildman–Crippen LogP) is 3.18. The molecule has 0 spiro atoms. The van der Waals surface area contributed by atoms with Gasteiger partial charge in [-0.1, -0.05) is 32.9 Å². The van der Waals surface area contributed by atoms with Gasteiger partial charge in [0.25, 0.3) is 0 Å². The molecule has 102 valence electrons. The van der Waals surface area contributed by atoms with Crippen LogP contribution in [0.15, 0.2) is 28.9 Å². The van der Waals surface area contributed by atoms with Crippen molar-refractivity contribution in [2.24, 2.45) is 0 Å². The Morgan fingerprint density at radius 2 is 2.22 bits per heavy atom. The third kappa shape index (κ3) is 5.07. The van der Waals surface area contributed by atoms with E-state index in [0.717, 1.165) is 31.9 Å². The van der Waals surface area contributed by atoms with E-state index in [-0.39, 0.29) is 0 Å². The molecular weight excluding hydrogens is 224 g/mol. The first-order valence-electron chi connectivity index (χ1n) is 6.68. The van der Waals surface area contributed by atoms with E-state index in [2.05, 4.69) is 50.6 Å². The fourth-order valence-electron chi connectivity index (χ4n) is 1.84. The third-order valence-electron chi connectivity index (χ3n) is 2.85. The van der Waals surface area contributed by atoms with Crippen molar-refractivity contribution in [1.29, 1.82) is 0 Å². The lowest BCUT2D eigenvalue weighted by atomic mass is 10.2. The molecule has 1 aromatic rings. The molecule has 1 heterocycles. The topological polar surface area (TPSA) is 28.4 Å². The highest BCUT2D eigenvalue weighted by Gasteiger charge is 2.11. The van der Waals surface area contributed by atoms with E-state index < -0.39 is 0 Å². The maximum absolute atomic E-state index is 5.60. The van der Waals surface area contributed by atoms with Crippen LogP contribution < -0.4 is 5.32 Å². The second-order valence-electron chi connectivity index (χ2n) is 5.16. The fraction of sp³-hybridized carbons (Fsp3) is 0.600. The van der Waals surface area contributed by atoms with E-state index in [1.807, 2.05) is 0 Å². The molecule has 0 fully saturated rings. The minimum absolute atomic E-state index is 0.491. The summed E-state index contributed by atoms with van der Waals surface area (Å²) >= 11 is 0. The standard InChI is InChI=1S/C15H26N2O/c1-6-17(10-12(2)3)11-15-14(7-8-18-15)9-16-13(4)5/h7-8,13,16H,2,6,9-11H2,1,3-5H3. The lowest BCUT2D eigenvalue weighted by Gasteiger charge is -2.20. The number of hydrogen-bond acceptors (Lipinski definition) is 3. The van der Waals surface area contributed by atoms with Crippen LogP contribution in [0.5, 0.6) is 0 Å². The monoisotopic (exact) mass is 250 g/mol. The molecular formula is C15H26N2O. The highest BCUT2D eigenvalue weighted by atomic mass is 16.3. The molecule has 1 N–H and O–H groups in total. The molecule has 0 amide bonds. The minimum Gasteiger partial charge on any atom is -0.468 e. The van der Waals surface area contributed by atoms with E-state index in [9.17, 15) is 0 Å². The molecule has 0 unspecified atom stereocenters. The Labute approximate surface area is 111 Å². The Hall–Kier alpha value is -1.06. The van der Waals surface area contributed by atoms with Crippen LogP contribution in [0.3, 0.4) is 0 Å². The molecule has 3 heteroatoms. The molecule has 0 atom stereocenters. The average molecular weight is 250 g/mol. The van der Waals surface area contributed by atoms with E-state index in [1.54, 1.807) is 6.26 Å². The van der Waals surface area contributed by atoms with Gasteiger partial charge in [-0.25, -0.2) is 0 Å². The first-order chi connectivity index (χ1) is 8.52. The van der Waals surface area contributed by atoms with Gasteiger partial charge in [-0.2, -0.15) is 0 Å². The summed E-state index contributed by atoms with van der Waals surface area (Å²) in [5, 5.41) is 3.42. The molecule has 0 bridgehead atoms. The molecule has 0 saturated heterocycles. The van der Waals surface area contributed by atoms with Crippen LogP contribution in [0.2, 0.25) is 0 Å². The van der Waals surface area contributed by atoms with E-state index in [1.165, 1.54) is 11.1 Å². The van der Waals surface area contributed by atoms with Gasteiger partial charge in [0.05, 0.1) is 12.8 Å². The number of rotatable bonds is 8. The summed E-state index contributed by atoms with van der Waals surface area (Å²) in [7, 11) is 0. The summed E-state index contributed by atoms with van der Waals surface area (Å²) in [5.41, 5.74) is 2.44. The Bertz CT molecular complexity index is 368. The maximum Gasteiger partial charge on any atom is 0.122 e. The second kappa shape index (κ2) is 7.39. The molecule has 1 rings (SSSR count). The van der Waals surface area contributed by atoms with E-state index in [0.29, 0.717) is 6.04 Å². The van der Waals surface area contributed by atoms with E-state index in [4.69, 9.17) is 4.42 Å². The van der Waals surface area contributed by atoms with Gasteiger partial charge in [0.15, 0.2) is 0 Å². The van der Waals surface area contributed by atoms with Gasteiger partial charge in [0.1, 0.15) is 5.76 Å². The van der Waals surface area contributed by atoms with Crippen LogP contribution in [0, 0.1) is 0 Å². The molecule has 0 saturated carbocycles. The van der Waals surface area contributed by atoms with Gasteiger partial charge in [-0.3, -0.25) is 4.90 Å². The molecule has 0 aliphatic carbocycles. The van der Waals surface area contributed by atoms with Crippen molar-refractivity contribution in [2.45, 2.75) is 46.8 Å². The molecule has 0 radical (unpaired) electrons. The zero-order valence-corrected chi connectivity index (χ0v) is 12.1. The first-order valence-corrected chi connectivity index (χ1v) is 6.68. The lowest BCUT2D eigenvalue weighted by molar-refractivity contribution is 0.274. The Balaban J connectivity index is 2.60. The average Bonchev–Trinajstić information content (AvgIpc) is 2.72. The minimum atomic E-state index is 0.491. The molecule has 1 aromatic heterocycles. The third-order valence-corrected chi connectivity index (χ3v) is 2.85. The maximum atomic E-state index is 5.60. The molecule has 3 nitrogen and oxygen atoms in total. The SMILES string of the molecule is C=C(C)CN(CC)Cc1occc1CNC(C)C. The number of furan rings is 1. The zero-order chi connectivity index (χ0) is 13.5. The van der Waals surface area contributed by atoms with Crippen LogP contribution in [0.4, 0.5) is 0 Å². The highest BCUT2D eigenvalue weighted by molar-refractivity contribution is 5.17. The lowest BCUT2D eigenvalue weighted by Crippen LogP contribution is -2.26. The summed E-state index contributed by atoms with van der Waals surface area (Å²) in [6.07, 6.45) is 1.78.